The van der Waals surface area contributed by atoms with E-state index in [1.807, 2.05) is 11.3 Å². The third-order valence-electron chi connectivity index (χ3n) is 1.77. The van der Waals surface area contributed by atoms with E-state index in [1.54, 1.807) is 0 Å². The molecule has 1 atom stereocenters. The topological polar surface area (TPSA) is 26.0 Å². The maximum atomic E-state index is 5.74. The maximum absolute atomic E-state index is 5.74. The van der Waals surface area contributed by atoms with Gasteiger partial charge >= 0.3 is 0 Å². The van der Waals surface area contributed by atoms with Gasteiger partial charge in [0.05, 0.1) is 0 Å². The van der Waals surface area contributed by atoms with Crippen LogP contribution in [0.5, 0.6) is 0 Å². The summed E-state index contributed by atoms with van der Waals surface area (Å²) in [5.74, 6) is 0. The van der Waals surface area contributed by atoms with Crippen molar-refractivity contribution in [2.45, 2.75) is 18.9 Å². The van der Waals surface area contributed by atoms with Crippen LogP contribution in [0, 0.1) is 0 Å². The molecule has 0 aliphatic heterocycles. The molecule has 0 bridgehead atoms. The second kappa shape index (κ2) is 1.82. The second-order valence-corrected chi connectivity index (χ2v) is 3.54. The van der Waals surface area contributed by atoms with Gasteiger partial charge < -0.3 is 5.73 Å². The van der Waals surface area contributed by atoms with Crippen molar-refractivity contribution in [2.75, 3.05) is 0 Å². The second-order valence-electron chi connectivity index (χ2n) is 2.54. The van der Waals surface area contributed by atoms with E-state index in [0.717, 1.165) is 12.8 Å². The lowest BCUT2D eigenvalue weighted by molar-refractivity contribution is 0.723. The van der Waals surface area contributed by atoms with Gasteiger partial charge in [-0.2, -0.15) is 0 Å². The smallest absolute Gasteiger partial charge is 0.0128 e. The Morgan fingerprint density at radius 1 is 1.56 bits per heavy atom. The van der Waals surface area contributed by atoms with Crippen LogP contribution in [0.3, 0.4) is 0 Å². The number of fused-ring (bicyclic) bond motifs is 1. The third kappa shape index (κ3) is 0.787. The highest BCUT2D eigenvalue weighted by Gasteiger charge is 2.17. The zero-order chi connectivity index (χ0) is 6.27. The van der Waals surface area contributed by atoms with Crippen LogP contribution < -0.4 is 5.73 Å². The summed E-state index contributed by atoms with van der Waals surface area (Å²) in [5.41, 5.74) is 7.22. The molecule has 0 spiro atoms. The van der Waals surface area contributed by atoms with Crippen molar-refractivity contribution in [1.82, 2.24) is 0 Å². The molecule has 0 amide bonds. The van der Waals surface area contributed by atoms with E-state index in [0.29, 0.717) is 6.04 Å². The van der Waals surface area contributed by atoms with Gasteiger partial charge in [-0.05, 0) is 29.9 Å². The minimum absolute atomic E-state index is 0.410. The SMILES string of the molecule is NC1Cc2ccsc2C1. The van der Waals surface area contributed by atoms with Crippen molar-refractivity contribution in [3.05, 3.63) is 21.9 Å². The average Bonchev–Trinajstić information content (AvgIpc) is 2.22. The number of rotatable bonds is 0. The van der Waals surface area contributed by atoms with Crippen molar-refractivity contribution in [1.29, 1.82) is 0 Å². The molecular weight excluding hydrogens is 130 g/mol. The van der Waals surface area contributed by atoms with Crippen molar-refractivity contribution in [2.24, 2.45) is 5.73 Å². The first-order valence-electron chi connectivity index (χ1n) is 3.17. The van der Waals surface area contributed by atoms with E-state index in [9.17, 15) is 0 Å². The molecule has 0 aromatic carbocycles. The van der Waals surface area contributed by atoms with Gasteiger partial charge in [0.2, 0.25) is 0 Å². The van der Waals surface area contributed by atoms with Gasteiger partial charge in [-0.1, -0.05) is 0 Å². The summed E-state index contributed by atoms with van der Waals surface area (Å²) in [6.07, 6.45) is 2.20. The van der Waals surface area contributed by atoms with Gasteiger partial charge in [0.25, 0.3) is 0 Å². The highest BCUT2D eigenvalue weighted by Crippen LogP contribution is 2.25. The molecule has 9 heavy (non-hydrogen) atoms. The highest BCUT2D eigenvalue weighted by atomic mass is 32.1. The Kier molecular flexibility index (Phi) is 1.10. The molecule has 1 heterocycles. The molecule has 1 aliphatic rings. The number of nitrogens with two attached hydrogens (primary N) is 1. The lowest BCUT2D eigenvalue weighted by atomic mass is 10.2. The van der Waals surface area contributed by atoms with Crippen LogP contribution in [0.1, 0.15) is 10.4 Å². The molecule has 1 aromatic rings. The molecule has 2 N–H and O–H groups in total. The Hall–Kier alpha value is -0.340. The summed E-state index contributed by atoms with van der Waals surface area (Å²) in [6.45, 7) is 0. The highest BCUT2D eigenvalue weighted by molar-refractivity contribution is 7.10. The fourth-order valence-corrected chi connectivity index (χ4v) is 2.33. The largest absolute Gasteiger partial charge is 0.327 e. The Labute approximate surface area is 58.5 Å². The minimum atomic E-state index is 0.410. The predicted molar refractivity (Wildman–Crippen MR) is 39.7 cm³/mol. The molecule has 0 saturated carbocycles. The minimum Gasteiger partial charge on any atom is -0.327 e. The van der Waals surface area contributed by atoms with Crippen molar-refractivity contribution in [3.63, 3.8) is 0 Å². The van der Waals surface area contributed by atoms with Gasteiger partial charge in [0.1, 0.15) is 0 Å². The first-order chi connectivity index (χ1) is 4.36. The molecule has 1 unspecified atom stereocenters. The van der Waals surface area contributed by atoms with E-state index in [2.05, 4.69) is 11.4 Å². The Bertz CT molecular complexity index is 196. The first-order valence-corrected chi connectivity index (χ1v) is 4.05. The summed E-state index contributed by atoms with van der Waals surface area (Å²) < 4.78 is 0. The average molecular weight is 139 g/mol. The summed E-state index contributed by atoms with van der Waals surface area (Å²) >= 11 is 1.84. The molecular formula is C7H9NS. The maximum Gasteiger partial charge on any atom is 0.0128 e. The van der Waals surface area contributed by atoms with E-state index in [1.165, 1.54) is 10.4 Å². The third-order valence-corrected chi connectivity index (χ3v) is 2.75. The molecule has 2 rings (SSSR count). The molecule has 0 radical (unpaired) electrons. The summed E-state index contributed by atoms with van der Waals surface area (Å²) in [4.78, 5) is 1.50. The zero-order valence-electron chi connectivity index (χ0n) is 5.13. The first kappa shape index (κ1) is 5.45. The molecule has 1 aliphatic carbocycles. The van der Waals surface area contributed by atoms with Crippen LogP contribution >= 0.6 is 11.3 Å². The molecule has 1 nitrogen and oxygen atoms in total. The number of hydrogen-bond acceptors (Lipinski definition) is 2. The quantitative estimate of drug-likeness (QED) is 0.573. The number of hydrogen-bond donors (Lipinski definition) is 1. The van der Waals surface area contributed by atoms with Crippen LogP contribution in [-0.2, 0) is 12.8 Å². The number of thiophene rings is 1. The van der Waals surface area contributed by atoms with Gasteiger partial charge in [-0.25, -0.2) is 0 Å². The summed E-state index contributed by atoms with van der Waals surface area (Å²) in [5, 5.41) is 2.15. The molecule has 1 aromatic heterocycles. The summed E-state index contributed by atoms with van der Waals surface area (Å²) in [7, 11) is 0. The molecule has 0 fully saturated rings. The fourth-order valence-electron chi connectivity index (χ4n) is 1.32. The van der Waals surface area contributed by atoms with Crippen molar-refractivity contribution >= 4 is 11.3 Å². The van der Waals surface area contributed by atoms with Crippen LogP contribution in [0.15, 0.2) is 11.4 Å². The Morgan fingerprint density at radius 3 is 3.22 bits per heavy atom. The Morgan fingerprint density at radius 2 is 2.44 bits per heavy atom. The monoisotopic (exact) mass is 139 g/mol. The van der Waals surface area contributed by atoms with Gasteiger partial charge in [0.15, 0.2) is 0 Å². The lowest BCUT2D eigenvalue weighted by Crippen LogP contribution is -2.19. The van der Waals surface area contributed by atoms with E-state index >= 15 is 0 Å². The van der Waals surface area contributed by atoms with Gasteiger partial charge in [0, 0.05) is 10.9 Å². The molecule has 0 saturated heterocycles. The molecule has 2 heteroatoms. The standard InChI is InChI=1S/C7H9NS/c8-6-3-5-1-2-9-7(5)4-6/h1-2,6H,3-4,8H2. The zero-order valence-corrected chi connectivity index (χ0v) is 5.95. The van der Waals surface area contributed by atoms with Crippen LogP contribution in [0.4, 0.5) is 0 Å². The lowest BCUT2D eigenvalue weighted by Gasteiger charge is -1.95. The van der Waals surface area contributed by atoms with Crippen molar-refractivity contribution in [3.8, 4) is 0 Å². The van der Waals surface area contributed by atoms with Gasteiger partial charge in [-0.3, -0.25) is 0 Å². The van der Waals surface area contributed by atoms with Crippen molar-refractivity contribution < 1.29 is 0 Å². The van der Waals surface area contributed by atoms with Gasteiger partial charge in [-0.15, -0.1) is 11.3 Å². The Balaban J connectivity index is 2.39. The fraction of sp³-hybridized carbons (Fsp3) is 0.429. The van der Waals surface area contributed by atoms with E-state index in [-0.39, 0.29) is 0 Å². The summed E-state index contributed by atoms with van der Waals surface area (Å²) in [6, 6.07) is 2.60. The van der Waals surface area contributed by atoms with E-state index in [4.69, 9.17) is 5.73 Å². The van der Waals surface area contributed by atoms with E-state index < -0.39 is 0 Å². The normalized spacial score (nSPS) is 24.3. The van der Waals surface area contributed by atoms with Crippen LogP contribution in [-0.4, -0.2) is 6.04 Å². The molecule has 48 valence electrons. The predicted octanol–water partition coefficient (Wildman–Crippen LogP) is 1.17. The van der Waals surface area contributed by atoms with Crippen LogP contribution in [0.25, 0.3) is 0 Å². The van der Waals surface area contributed by atoms with Crippen LogP contribution in [0.2, 0.25) is 0 Å².